The number of amides is 1. The van der Waals surface area contributed by atoms with Gasteiger partial charge in [-0.15, -0.1) is 11.3 Å². The largest absolute Gasteiger partial charge is 0.456 e. The maximum Gasteiger partial charge on any atom is 0.221 e. The van der Waals surface area contributed by atoms with Gasteiger partial charge >= 0.3 is 0 Å². The van der Waals surface area contributed by atoms with Gasteiger partial charge in [0.15, 0.2) is 0 Å². The number of rotatable bonds is 3. The monoisotopic (exact) mass is 399 g/mol. The van der Waals surface area contributed by atoms with Crippen molar-refractivity contribution in [2.24, 2.45) is 0 Å². The second-order valence-corrected chi connectivity index (χ2v) is 7.70. The van der Waals surface area contributed by atoms with Gasteiger partial charge in [-0.3, -0.25) is 4.79 Å². The molecular weight excluding hydrogens is 382 g/mol. The van der Waals surface area contributed by atoms with E-state index in [1.807, 2.05) is 54.6 Å². The maximum atomic E-state index is 11.2. The number of aromatic nitrogens is 1. The van der Waals surface area contributed by atoms with E-state index in [-0.39, 0.29) is 5.91 Å². The SMILES string of the molecule is CC(=O)Nc1ccc(-c2cnc(N)c3c(-c4cc5ccccc5o4)csc23)cc1. The molecule has 6 heteroatoms. The minimum Gasteiger partial charge on any atom is -0.456 e. The molecule has 5 nitrogen and oxygen atoms in total. The predicted octanol–water partition coefficient (Wildman–Crippen LogP) is 5.92. The van der Waals surface area contributed by atoms with Gasteiger partial charge in [0.2, 0.25) is 5.91 Å². The number of anilines is 2. The molecule has 29 heavy (non-hydrogen) atoms. The molecule has 0 atom stereocenters. The summed E-state index contributed by atoms with van der Waals surface area (Å²) in [6.07, 6.45) is 1.80. The van der Waals surface area contributed by atoms with Crippen molar-refractivity contribution in [2.45, 2.75) is 6.92 Å². The van der Waals surface area contributed by atoms with Gasteiger partial charge in [-0.2, -0.15) is 0 Å². The topological polar surface area (TPSA) is 81.2 Å². The Hall–Kier alpha value is -3.64. The highest BCUT2D eigenvalue weighted by Crippen LogP contribution is 2.43. The van der Waals surface area contributed by atoms with Crippen LogP contribution in [0.3, 0.4) is 0 Å². The van der Waals surface area contributed by atoms with Crippen molar-refractivity contribution in [3.05, 3.63) is 66.2 Å². The van der Waals surface area contributed by atoms with Gasteiger partial charge in [-0.05, 0) is 29.8 Å². The molecule has 0 saturated heterocycles. The minimum atomic E-state index is -0.0944. The standard InChI is InChI=1S/C23H17N3O2S/c1-13(27)26-16-8-6-14(7-9-16)17-11-25-23(24)21-18(12-29-22(17)21)20-10-15-4-2-3-5-19(15)28-20/h2-12H,1H3,(H2,24,25)(H,26,27). The Balaban J connectivity index is 1.64. The molecule has 0 fully saturated rings. The Morgan fingerprint density at radius 1 is 1.10 bits per heavy atom. The second kappa shape index (κ2) is 6.76. The summed E-state index contributed by atoms with van der Waals surface area (Å²) in [5, 5.41) is 6.80. The van der Waals surface area contributed by atoms with Crippen molar-refractivity contribution < 1.29 is 9.21 Å². The first-order chi connectivity index (χ1) is 14.1. The third kappa shape index (κ3) is 3.03. The smallest absolute Gasteiger partial charge is 0.221 e. The number of nitrogen functional groups attached to an aromatic ring is 1. The van der Waals surface area contributed by atoms with Crippen molar-refractivity contribution in [1.82, 2.24) is 4.98 Å². The van der Waals surface area contributed by atoms with E-state index >= 15 is 0 Å². The molecular formula is C23H17N3O2S. The summed E-state index contributed by atoms with van der Waals surface area (Å²) >= 11 is 1.62. The number of hydrogen-bond donors (Lipinski definition) is 2. The average molecular weight is 399 g/mol. The molecule has 3 aromatic heterocycles. The molecule has 0 spiro atoms. The number of pyridine rings is 1. The van der Waals surface area contributed by atoms with Gasteiger partial charge in [0, 0.05) is 50.8 Å². The normalized spacial score (nSPS) is 11.2. The molecule has 3 heterocycles. The molecule has 5 rings (SSSR count). The zero-order valence-corrected chi connectivity index (χ0v) is 16.4. The van der Waals surface area contributed by atoms with Gasteiger partial charge in [0.1, 0.15) is 17.2 Å². The molecule has 1 amide bonds. The van der Waals surface area contributed by atoms with Crippen LogP contribution in [0.25, 0.3) is 43.5 Å². The van der Waals surface area contributed by atoms with Crippen molar-refractivity contribution in [1.29, 1.82) is 0 Å². The number of para-hydroxylation sites is 1. The van der Waals surface area contributed by atoms with Crippen molar-refractivity contribution >= 4 is 49.8 Å². The fourth-order valence-electron chi connectivity index (χ4n) is 3.51. The molecule has 0 unspecified atom stereocenters. The molecule has 3 N–H and O–H groups in total. The van der Waals surface area contributed by atoms with E-state index < -0.39 is 0 Å². The first-order valence-corrected chi connectivity index (χ1v) is 10.0. The number of nitrogens with one attached hydrogen (secondary N) is 1. The molecule has 2 aromatic carbocycles. The summed E-state index contributed by atoms with van der Waals surface area (Å²) in [6, 6.07) is 17.7. The molecule has 0 radical (unpaired) electrons. The summed E-state index contributed by atoms with van der Waals surface area (Å²) in [4.78, 5) is 15.7. The summed E-state index contributed by atoms with van der Waals surface area (Å²) in [5.41, 5.74) is 10.8. The van der Waals surface area contributed by atoms with Gasteiger partial charge < -0.3 is 15.5 Å². The molecule has 0 aliphatic carbocycles. The number of carbonyl (C=O) groups is 1. The Kier molecular flexibility index (Phi) is 4.07. The van der Waals surface area contributed by atoms with E-state index in [0.717, 1.165) is 49.2 Å². The minimum absolute atomic E-state index is 0.0944. The number of benzene rings is 2. The highest BCUT2D eigenvalue weighted by Gasteiger charge is 2.17. The average Bonchev–Trinajstić information content (AvgIpc) is 3.33. The number of nitrogens with two attached hydrogens (primary N) is 1. The molecule has 0 aliphatic rings. The van der Waals surface area contributed by atoms with Crippen LogP contribution in [-0.4, -0.2) is 10.9 Å². The van der Waals surface area contributed by atoms with Crippen LogP contribution in [0.1, 0.15) is 6.92 Å². The van der Waals surface area contributed by atoms with Crippen LogP contribution in [0, 0.1) is 0 Å². The van der Waals surface area contributed by atoms with Crippen LogP contribution in [0.5, 0.6) is 0 Å². The van der Waals surface area contributed by atoms with Crippen LogP contribution in [0.4, 0.5) is 11.5 Å². The van der Waals surface area contributed by atoms with Gasteiger partial charge in [-0.25, -0.2) is 4.98 Å². The van der Waals surface area contributed by atoms with Crippen molar-refractivity contribution in [2.75, 3.05) is 11.1 Å². The van der Waals surface area contributed by atoms with E-state index in [4.69, 9.17) is 10.2 Å². The lowest BCUT2D eigenvalue weighted by atomic mass is 10.0. The van der Waals surface area contributed by atoms with E-state index in [0.29, 0.717) is 5.82 Å². The number of hydrogen-bond acceptors (Lipinski definition) is 5. The van der Waals surface area contributed by atoms with Gasteiger partial charge in [0.05, 0.1) is 0 Å². The molecule has 142 valence electrons. The van der Waals surface area contributed by atoms with Crippen molar-refractivity contribution in [3.63, 3.8) is 0 Å². The number of nitrogens with zero attached hydrogens (tertiary/aromatic N) is 1. The van der Waals surface area contributed by atoms with Crippen molar-refractivity contribution in [3.8, 4) is 22.5 Å². The number of thiophene rings is 1. The predicted molar refractivity (Wildman–Crippen MR) is 119 cm³/mol. The lowest BCUT2D eigenvalue weighted by Gasteiger charge is -2.07. The second-order valence-electron chi connectivity index (χ2n) is 6.82. The van der Waals surface area contributed by atoms with E-state index in [9.17, 15) is 4.79 Å². The molecule has 0 bridgehead atoms. The number of furan rings is 1. The fraction of sp³-hybridized carbons (Fsp3) is 0.0435. The van der Waals surface area contributed by atoms with Crippen LogP contribution >= 0.6 is 11.3 Å². The highest BCUT2D eigenvalue weighted by atomic mass is 32.1. The zero-order valence-electron chi connectivity index (χ0n) is 15.6. The van der Waals surface area contributed by atoms with E-state index in [1.54, 1.807) is 17.5 Å². The highest BCUT2D eigenvalue weighted by molar-refractivity contribution is 7.18. The summed E-state index contributed by atoms with van der Waals surface area (Å²) in [6.45, 7) is 1.49. The molecule has 0 saturated carbocycles. The molecule has 5 aromatic rings. The van der Waals surface area contributed by atoms with Crippen LogP contribution in [-0.2, 0) is 4.79 Å². The third-order valence-corrected chi connectivity index (χ3v) is 5.85. The lowest BCUT2D eigenvalue weighted by Crippen LogP contribution is -2.05. The Bertz CT molecular complexity index is 1330. The zero-order chi connectivity index (χ0) is 20.0. The lowest BCUT2D eigenvalue weighted by molar-refractivity contribution is -0.114. The Labute approximate surface area is 170 Å². The van der Waals surface area contributed by atoms with Crippen LogP contribution in [0.15, 0.2) is 70.6 Å². The van der Waals surface area contributed by atoms with E-state index in [2.05, 4.69) is 15.7 Å². The number of carbonyl (C=O) groups excluding carboxylic acids is 1. The number of fused-ring (bicyclic) bond motifs is 2. The molecule has 0 aliphatic heterocycles. The summed E-state index contributed by atoms with van der Waals surface area (Å²) < 4.78 is 7.11. The third-order valence-electron chi connectivity index (χ3n) is 4.83. The van der Waals surface area contributed by atoms with Crippen LogP contribution in [0.2, 0.25) is 0 Å². The maximum absolute atomic E-state index is 11.2. The van der Waals surface area contributed by atoms with Gasteiger partial charge in [0.25, 0.3) is 0 Å². The van der Waals surface area contributed by atoms with Crippen LogP contribution < -0.4 is 11.1 Å². The first kappa shape index (κ1) is 17.5. The van der Waals surface area contributed by atoms with E-state index in [1.165, 1.54) is 6.92 Å². The Morgan fingerprint density at radius 2 is 1.90 bits per heavy atom. The van der Waals surface area contributed by atoms with Gasteiger partial charge in [-0.1, -0.05) is 30.3 Å². The summed E-state index contributed by atoms with van der Waals surface area (Å²) in [7, 11) is 0. The fourth-order valence-corrected chi connectivity index (χ4v) is 4.61. The summed E-state index contributed by atoms with van der Waals surface area (Å²) in [5.74, 6) is 1.17. The quantitative estimate of drug-likeness (QED) is 0.395. The Morgan fingerprint density at radius 3 is 2.66 bits per heavy atom. The first-order valence-electron chi connectivity index (χ1n) is 9.13.